The molecule has 56 valence electrons. The molecule has 1 aromatic heterocycles. The summed E-state index contributed by atoms with van der Waals surface area (Å²) >= 11 is 5.69. The average Bonchev–Trinajstić information content (AvgIpc) is 2.17. The van der Waals surface area contributed by atoms with Crippen LogP contribution in [0.2, 0.25) is 5.02 Å². The van der Waals surface area contributed by atoms with Crippen molar-refractivity contribution in [3.05, 3.63) is 16.4 Å². The Bertz CT molecular complexity index is 244. The fourth-order valence-electron chi connectivity index (χ4n) is 0.736. The van der Waals surface area contributed by atoms with Gasteiger partial charge in [0.25, 0.3) is 0 Å². The van der Waals surface area contributed by atoms with Crippen molar-refractivity contribution < 1.29 is 4.39 Å². The largest absolute Gasteiger partial charge is 0.271 e. The van der Waals surface area contributed by atoms with Crippen molar-refractivity contribution in [2.75, 3.05) is 0 Å². The highest BCUT2D eigenvalue weighted by molar-refractivity contribution is 6.31. The monoisotopic (exact) mass is 162 g/mol. The van der Waals surface area contributed by atoms with Gasteiger partial charge < -0.3 is 0 Å². The fourth-order valence-corrected chi connectivity index (χ4v) is 0.947. The number of hydrogen-bond donors (Lipinski definition) is 0. The molecule has 0 saturated carbocycles. The van der Waals surface area contributed by atoms with Crippen LogP contribution in [0.1, 0.15) is 11.4 Å². The number of alkyl halides is 1. The van der Waals surface area contributed by atoms with E-state index >= 15 is 0 Å². The van der Waals surface area contributed by atoms with Gasteiger partial charge in [-0.2, -0.15) is 5.10 Å². The number of aryl methyl sites for hydroxylation is 1. The van der Waals surface area contributed by atoms with Gasteiger partial charge in [0.05, 0.1) is 10.7 Å². The Balaban J connectivity index is 3.17. The summed E-state index contributed by atoms with van der Waals surface area (Å²) in [6.07, 6.45) is 0. The van der Waals surface area contributed by atoms with Crippen LogP contribution in [0.4, 0.5) is 4.39 Å². The normalized spacial score (nSPS) is 10.4. The van der Waals surface area contributed by atoms with E-state index in [0.29, 0.717) is 10.7 Å². The Labute approximate surface area is 63.6 Å². The maximum atomic E-state index is 12.0. The van der Waals surface area contributed by atoms with E-state index in [2.05, 4.69) is 5.10 Å². The minimum Gasteiger partial charge on any atom is -0.271 e. The highest BCUT2D eigenvalue weighted by Crippen LogP contribution is 2.19. The van der Waals surface area contributed by atoms with Crippen LogP contribution in [0, 0.1) is 6.92 Å². The lowest BCUT2D eigenvalue weighted by molar-refractivity contribution is 0.471. The van der Waals surface area contributed by atoms with Crippen molar-refractivity contribution in [1.82, 2.24) is 9.78 Å². The van der Waals surface area contributed by atoms with Crippen molar-refractivity contribution in [2.45, 2.75) is 13.6 Å². The molecule has 10 heavy (non-hydrogen) atoms. The van der Waals surface area contributed by atoms with Gasteiger partial charge in [-0.1, -0.05) is 11.6 Å². The molecule has 0 saturated heterocycles. The maximum Gasteiger partial charge on any atom is 0.135 e. The smallest absolute Gasteiger partial charge is 0.135 e. The third-order valence-electron chi connectivity index (χ3n) is 1.45. The molecular formula is C6H8ClFN2. The van der Waals surface area contributed by atoms with Gasteiger partial charge in [0.1, 0.15) is 12.4 Å². The zero-order chi connectivity index (χ0) is 7.72. The molecule has 0 spiro atoms. The summed E-state index contributed by atoms with van der Waals surface area (Å²) in [6, 6.07) is 0. The third kappa shape index (κ3) is 1.01. The first-order valence-corrected chi connectivity index (χ1v) is 3.28. The lowest BCUT2D eigenvalue weighted by Crippen LogP contribution is -1.92. The van der Waals surface area contributed by atoms with Gasteiger partial charge in [0.2, 0.25) is 0 Å². The Hall–Kier alpha value is -0.570. The van der Waals surface area contributed by atoms with Gasteiger partial charge in [-0.25, -0.2) is 4.39 Å². The van der Waals surface area contributed by atoms with Gasteiger partial charge in [-0.15, -0.1) is 0 Å². The number of hydrogen-bond acceptors (Lipinski definition) is 1. The van der Waals surface area contributed by atoms with Crippen molar-refractivity contribution in [2.24, 2.45) is 7.05 Å². The van der Waals surface area contributed by atoms with Gasteiger partial charge in [-0.05, 0) is 6.92 Å². The molecule has 0 aromatic carbocycles. The van der Waals surface area contributed by atoms with Gasteiger partial charge in [0, 0.05) is 7.05 Å². The second kappa shape index (κ2) is 2.58. The van der Waals surface area contributed by atoms with Crippen LogP contribution in [0.5, 0.6) is 0 Å². The summed E-state index contributed by atoms with van der Waals surface area (Å²) in [5, 5.41) is 4.27. The summed E-state index contributed by atoms with van der Waals surface area (Å²) < 4.78 is 13.6. The van der Waals surface area contributed by atoms with Crippen LogP contribution in [0.15, 0.2) is 0 Å². The molecule has 1 heterocycles. The van der Waals surface area contributed by atoms with Crippen molar-refractivity contribution in [1.29, 1.82) is 0 Å². The lowest BCUT2D eigenvalue weighted by atomic mass is 10.4. The van der Waals surface area contributed by atoms with E-state index in [9.17, 15) is 4.39 Å². The van der Waals surface area contributed by atoms with Gasteiger partial charge >= 0.3 is 0 Å². The van der Waals surface area contributed by atoms with Crippen LogP contribution in [0.3, 0.4) is 0 Å². The number of nitrogens with zero attached hydrogens (tertiary/aromatic N) is 2. The Morgan fingerprint density at radius 2 is 2.30 bits per heavy atom. The molecule has 0 aliphatic rings. The Morgan fingerprint density at radius 3 is 2.50 bits per heavy atom. The fraction of sp³-hybridized carbons (Fsp3) is 0.500. The highest BCUT2D eigenvalue weighted by Gasteiger charge is 2.08. The molecule has 0 radical (unpaired) electrons. The van der Waals surface area contributed by atoms with Crippen molar-refractivity contribution in [3.8, 4) is 0 Å². The van der Waals surface area contributed by atoms with Gasteiger partial charge in [0.15, 0.2) is 0 Å². The van der Waals surface area contributed by atoms with Crippen LogP contribution >= 0.6 is 11.6 Å². The summed E-state index contributed by atoms with van der Waals surface area (Å²) in [7, 11) is 1.74. The van der Waals surface area contributed by atoms with E-state index in [1.165, 1.54) is 0 Å². The molecule has 1 rings (SSSR count). The van der Waals surface area contributed by atoms with Crippen LogP contribution in [-0.4, -0.2) is 9.78 Å². The molecule has 0 unspecified atom stereocenters. The minimum absolute atomic E-state index is 0.321. The van der Waals surface area contributed by atoms with E-state index in [1.54, 1.807) is 18.7 Å². The summed E-state index contributed by atoms with van der Waals surface area (Å²) in [4.78, 5) is 0. The predicted octanol–water partition coefficient (Wildman–Crippen LogP) is 1.85. The molecule has 0 N–H and O–H groups in total. The molecule has 0 amide bonds. The van der Waals surface area contributed by atoms with E-state index < -0.39 is 6.67 Å². The number of aromatic nitrogens is 2. The van der Waals surface area contributed by atoms with Crippen LogP contribution < -0.4 is 0 Å². The van der Waals surface area contributed by atoms with E-state index in [1.807, 2.05) is 0 Å². The SMILES string of the molecule is Cc1c(Cl)c(CF)nn1C. The molecule has 0 aliphatic carbocycles. The van der Waals surface area contributed by atoms with Crippen LogP contribution in [0.25, 0.3) is 0 Å². The van der Waals surface area contributed by atoms with E-state index in [-0.39, 0.29) is 0 Å². The standard InChI is InChI=1S/C6H8ClFN2/c1-4-6(7)5(3-8)9-10(4)2/h3H2,1-2H3. The average molecular weight is 163 g/mol. The number of halogens is 2. The zero-order valence-corrected chi connectivity index (χ0v) is 6.61. The number of rotatable bonds is 1. The van der Waals surface area contributed by atoms with E-state index in [4.69, 9.17) is 11.6 Å². The molecule has 0 fully saturated rings. The third-order valence-corrected chi connectivity index (χ3v) is 1.95. The molecule has 0 atom stereocenters. The second-order valence-electron chi connectivity index (χ2n) is 2.10. The first-order chi connectivity index (χ1) is 4.66. The second-order valence-corrected chi connectivity index (χ2v) is 2.48. The van der Waals surface area contributed by atoms with Crippen molar-refractivity contribution >= 4 is 11.6 Å². The van der Waals surface area contributed by atoms with E-state index in [0.717, 1.165) is 5.69 Å². The first kappa shape index (κ1) is 7.54. The maximum absolute atomic E-state index is 12.0. The zero-order valence-electron chi connectivity index (χ0n) is 5.86. The van der Waals surface area contributed by atoms with Crippen molar-refractivity contribution in [3.63, 3.8) is 0 Å². The van der Waals surface area contributed by atoms with Crippen LogP contribution in [-0.2, 0) is 13.7 Å². The highest BCUT2D eigenvalue weighted by atomic mass is 35.5. The molecule has 4 heteroatoms. The summed E-state index contributed by atoms with van der Waals surface area (Å²) in [5.74, 6) is 0. The quantitative estimate of drug-likeness (QED) is 0.616. The lowest BCUT2D eigenvalue weighted by Gasteiger charge is -1.89. The molecular weight excluding hydrogens is 155 g/mol. The summed E-state index contributed by atoms with van der Waals surface area (Å²) in [6.45, 7) is 1.20. The summed E-state index contributed by atoms with van der Waals surface area (Å²) in [5.41, 5.74) is 1.12. The molecule has 2 nitrogen and oxygen atoms in total. The van der Waals surface area contributed by atoms with Gasteiger partial charge in [-0.3, -0.25) is 4.68 Å². The molecule has 0 aliphatic heterocycles. The predicted molar refractivity (Wildman–Crippen MR) is 37.8 cm³/mol. The molecule has 0 bridgehead atoms. The topological polar surface area (TPSA) is 17.8 Å². The Morgan fingerprint density at radius 1 is 1.70 bits per heavy atom. The minimum atomic E-state index is -0.597. The Kier molecular flexibility index (Phi) is 1.94. The first-order valence-electron chi connectivity index (χ1n) is 2.90. The molecule has 1 aromatic rings.